The van der Waals surface area contributed by atoms with E-state index in [1.165, 1.54) is 12.1 Å². The number of anilines is 2. The van der Waals surface area contributed by atoms with E-state index in [1.54, 1.807) is 12.1 Å². The van der Waals surface area contributed by atoms with E-state index in [-0.39, 0.29) is 23.9 Å². The number of rotatable bonds is 3. The Labute approximate surface area is 163 Å². The fourth-order valence-electron chi connectivity index (χ4n) is 3.81. The van der Waals surface area contributed by atoms with Gasteiger partial charge in [-0.2, -0.15) is 0 Å². The quantitative estimate of drug-likeness (QED) is 0.686. The van der Waals surface area contributed by atoms with Gasteiger partial charge < -0.3 is 18.9 Å². The van der Waals surface area contributed by atoms with E-state index in [0.29, 0.717) is 18.7 Å². The Bertz CT molecular complexity index is 989. The average molecular weight is 381 g/mol. The number of benzene rings is 1. The topological polar surface area (TPSA) is 37.2 Å². The van der Waals surface area contributed by atoms with Crippen molar-refractivity contribution < 1.29 is 13.9 Å². The summed E-state index contributed by atoms with van der Waals surface area (Å²) in [4.78, 5) is 16.9. The van der Waals surface area contributed by atoms with Crippen molar-refractivity contribution in [3.63, 3.8) is 0 Å². The summed E-state index contributed by atoms with van der Waals surface area (Å²) in [6, 6.07) is 14.2. The number of nitrogens with zero attached hydrogens (tertiary/aromatic N) is 3. The van der Waals surface area contributed by atoms with E-state index in [4.69, 9.17) is 4.74 Å². The van der Waals surface area contributed by atoms with Gasteiger partial charge in [-0.3, -0.25) is 4.79 Å². The van der Waals surface area contributed by atoms with Gasteiger partial charge in [0.05, 0.1) is 17.8 Å². The van der Waals surface area contributed by atoms with Gasteiger partial charge in [0.1, 0.15) is 11.6 Å². The lowest BCUT2D eigenvalue weighted by molar-refractivity contribution is -0.0586. The SMILES string of the molecule is C[C@@H]1CN(C(=O)c2ccc3ccc(N(C)c4ccc(F)cc4)n3c2)C[C@@H](C)O1. The monoisotopic (exact) mass is 381 g/mol. The summed E-state index contributed by atoms with van der Waals surface area (Å²) in [7, 11) is 1.93. The third kappa shape index (κ3) is 3.47. The van der Waals surface area contributed by atoms with E-state index >= 15 is 0 Å². The molecule has 0 saturated carbocycles. The van der Waals surface area contributed by atoms with Crippen LogP contribution in [-0.2, 0) is 4.74 Å². The highest BCUT2D eigenvalue weighted by molar-refractivity contribution is 5.94. The van der Waals surface area contributed by atoms with Crippen LogP contribution in [0.25, 0.3) is 5.52 Å². The first kappa shape index (κ1) is 18.5. The number of hydrogen-bond acceptors (Lipinski definition) is 3. The van der Waals surface area contributed by atoms with E-state index in [2.05, 4.69) is 0 Å². The molecule has 0 aliphatic carbocycles. The van der Waals surface area contributed by atoms with Gasteiger partial charge in [0.2, 0.25) is 0 Å². The van der Waals surface area contributed by atoms with Crippen molar-refractivity contribution in [3.8, 4) is 0 Å². The molecule has 1 fully saturated rings. The second-order valence-electron chi connectivity index (χ2n) is 7.41. The Balaban J connectivity index is 1.66. The lowest BCUT2D eigenvalue weighted by Gasteiger charge is -2.35. The minimum atomic E-state index is -0.265. The van der Waals surface area contributed by atoms with Gasteiger partial charge in [-0.1, -0.05) is 0 Å². The van der Waals surface area contributed by atoms with Crippen LogP contribution in [0.15, 0.2) is 54.7 Å². The van der Waals surface area contributed by atoms with Gasteiger partial charge >= 0.3 is 0 Å². The molecule has 0 radical (unpaired) electrons. The molecule has 1 saturated heterocycles. The summed E-state index contributed by atoms with van der Waals surface area (Å²) >= 11 is 0. The van der Waals surface area contributed by atoms with E-state index in [0.717, 1.165) is 17.0 Å². The number of aromatic nitrogens is 1. The molecule has 5 nitrogen and oxygen atoms in total. The molecule has 0 spiro atoms. The molecule has 0 unspecified atom stereocenters. The fraction of sp³-hybridized carbons (Fsp3) is 0.318. The summed E-state index contributed by atoms with van der Waals surface area (Å²) in [5.74, 6) is 0.645. The van der Waals surface area contributed by atoms with Crippen LogP contribution < -0.4 is 4.90 Å². The number of carbonyl (C=O) groups excluding carboxylic acids is 1. The number of fused-ring (bicyclic) bond motifs is 1. The molecule has 0 N–H and O–H groups in total. The molecular formula is C22H24FN3O2. The van der Waals surface area contributed by atoms with Gasteiger partial charge in [-0.25, -0.2) is 4.39 Å². The molecule has 146 valence electrons. The number of carbonyl (C=O) groups is 1. The fourth-order valence-corrected chi connectivity index (χ4v) is 3.81. The van der Waals surface area contributed by atoms with Gasteiger partial charge in [-0.15, -0.1) is 0 Å². The first-order valence-corrected chi connectivity index (χ1v) is 9.47. The molecule has 1 amide bonds. The van der Waals surface area contributed by atoms with Crippen molar-refractivity contribution in [1.82, 2.24) is 9.30 Å². The molecule has 2 aromatic heterocycles. The maximum absolute atomic E-state index is 13.2. The van der Waals surface area contributed by atoms with Crippen molar-refractivity contribution in [1.29, 1.82) is 0 Å². The van der Waals surface area contributed by atoms with E-state index in [9.17, 15) is 9.18 Å². The summed E-state index contributed by atoms with van der Waals surface area (Å²) in [5, 5.41) is 0. The number of morpholine rings is 1. The second kappa shape index (κ2) is 7.28. The zero-order chi connectivity index (χ0) is 19.8. The average Bonchev–Trinajstić information content (AvgIpc) is 3.10. The lowest BCUT2D eigenvalue weighted by atomic mass is 10.2. The standard InChI is InChI=1S/C22H24FN3O2/c1-15-12-25(13-16(2)28-15)22(27)17-4-7-20-10-11-21(26(20)14-17)24(3)19-8-5-18(23)6-9-19/h4-11,14-16H,12-13H2,1-3H3/t15-,16-/m1/s1. The molecule has 1 aliphatic rings. The van der Waals surface area contributed by atoms with Gasteiger partial charge in [0.15, 0.2) is 0 Å². The van der Waals surface area contributed by atoms with Crippen molar-refractivity contribution in [2.45, 2.75) is 26.1 Å². The highest BCUT2D eigenvalue weighted by Gasteiger charge is 2.27. The third-order valence-electron chi connectivity index (χ3n) is 5.14. The molecule has 1 aliphatic heterocycles. The zero-order valence-corrected chi connectivity index (χ0v) is 16.3. The summed E-state index contributed by atoms with van der Waals surface area (Å²) in [6.07, 6.45) is 1.93. The predicted octanol–water partition coefficient (Wildman–Crippen LogP) is 4.10. The van der Waals surface area contributed by atoms with Crippen molar-refractivity contribution in [2.75, 3.05) is 25.0 Å². The van der Waals surface area contributed by atoms with E-state index < -0.39 is 0 Å². The van der Waals surface area contributed by atoms with Crippen molar-refractivity contribution >= 4 is 22.9 Å². The number of amides is 1. The van der Waals surface area contributed by atoms with Crippen LogP contribution in [0.2, 0.25) is 0 Å². The van der Waals surface area contributed by atoms with Crippen LogP contribution in [-0.4, -0.2) is 47.6 Å². The van der Waals surface area contributed by atoms with Gasteiger partial charge in [-0.05, 0) is 62.4 Å². The van der Waals surface area contributed by atoms with Crippen LogP contribution in [0.4, 0.5) is 15.9 Å². The van der Waals surface area contributed by atoms with Crippen LogP contribution in [0.5, 0.6) is 0 Å². The predicted molar refractivity (Wildman–Crippen MR) is 108 cm³/mol. The molecule has 0 bridgehead atoms. The van der Waals surface area contributed by atoms with E-state index in [1.807, 2.05) is 65.6 Å². The van der Waals surface area contributed by atoms with Crippen LogP contribution in [0.3, 0.4) is 0 Å². The highest BCUT2D eigenvalue weighted by Crippen LogP contribution is 2.27. The molecule has 2 atom stereocenters. The smallest absolute Gasteiger partial charge is 0.255 e. The third-order valence-corrected chi connectivity index (χ3v) is 5.14. The van der Waals surface area contributed by atoms with Crippen LogP contribution in [0.1, 0.15) is 24.2 Å². The molecule has 4 rings (SSSR count). The number of halogens is 1. The van der Waals surface area contributed by atoms with Gasteiger partial charge in [0.25, 0.3) is 5.91 Å². The summed E-state index contributed by atoms with van der Waals surface area (Å²) < 4.78 is 21.0. The molecule has 3 aromatic rings. The maximum Gasteiger partial charge on any atom is 0.255 e. The normalized spacial score (nSPS) is 19.8. The first-order chi connectivity index (χ1) is 13.4. The minimum absolute atomic E-state index is 0.00739. The summed E-state index contributed by atoms with van der Waals surface area (Å²) in [6.45, 7) is 5.16. The zero-order valence-electron chi connectivity index (χ0n) is 16.3. The summed E-state index contributed by atoms with van der Waals surface area (Å²) in [5.41, 5.74) is 2.50. The van der Waals surface area contributed by atoms with Crippen LogP contribution >= 0.6 is 0 Å². The van der Waals surface area contributed by atoms with Crippen LogP contribution in [0, 0.1) is 5.82 Å². The molecular weight excluding hydrogens is 357 g/mol. The van der Waals surface area contributed by atoms with Crippen molar-refractivity contribution in [2.24, 2.45) is 0 Å². The second-order valence-corrected chi connectivity index (χ2v) is 7.41. The Morgan fingerprint density at radius 2 is 1.68 bits per heavy atom. The van der Waals surface area contributed by atoms with Crippen molar-refractivity contribution in [3.05, 3.63) is 66.1 Å². The molecule has 6 heteroatoms. The minimum Gasteiger partial charge on any atom is -0.372 e. The first-order valence-electron chi connectivity index (χ1n) is 9.47. The Morgan fingerprint density at radius 1 is 1.04 bits per heavy atom. The maximum atomic E-state index is 13.2. The lowest BCUT2D eigenvalue weighted by Crippen LogP contribution is -2.48. The highest BCUT2D eigenvalue weighted by atomic mass is 19.1. The number of ether oxygens (including phenoxy) is 1. The number of hydrogen-bond donors (Lipinski definition) is 0. The molecule has 3 heterocycles. The Kier molecular flexibility index (Phi) is 4.81. The number of pyridine rings is 1. The largest absolute Gasteiger partial charge is 0.372 e. The Morgan fingerprint density at radius 3 is 2.36 bits per heavy atom. The molecule has 28 heavy (non-hydrogen) atoms. The Hall–Kier alpha value is -2.86. The van der Waals surface area contributed by atoms with Gasteiger partial charge in [0, 0.05) is 37.5 Å². The molecule has 1 aromatic carbocycles.